The molecule has 0 aliphatic carbocycles. The zero-order chi connectivity index (χ0) is 12.4. The van der Waals surface area contributed by atoms with Gasteiger partial charge in [-0.3, -0.25) is 4.99 Å². The Kier molecular flexibility index (Phi) is 3.60. The van der Waals surface area contributed by atoms with Crippen LogP contribution >= 0.6 is 23.2 Å². The molecule has 90 valence electrons. The van der Waals surface area contributed by atoms with Crippen molar-refractivity contribution in [3.05, 3.63) is 46.5 Å². The molecule has 1 heterocycles. The second kappa shape index (κ2) is 4.98. The van der Waals surface area contributed by atoms with Crippen LogP contribution in [0.3, 0.4) is 0 Å². The Morgan fingerprint density at radius 1 is 1.53 bits per heavy atom. The number of benzene rings is 1. The topological polar surface area (TPSA) is 41.6 Å². The number of nitrogens with two attached hydrogens (primary N) is 1. The molecule has 1 aliphatic rings. The molecule has 1 aliphatic heterocycles. The molecule has 0 fully saturated rings. The van der Waals surface area contributed by atoms with E-state index in [4.69, 9.17) is 28.9 Å². The average Bonchev–Trinajstić information content (AvgIpc) is 2.65. The average molecular weight is 270 g/mol. The van der Waals surface area contributed by atoms with Crippen molar-refractivity contribution in [3.63, 3.8) is 0 Å². The highest BCUT2D eigenvalue weighted by molar-refractivity contribution is 6.33. The molecule has 0 saturated heterocycles. The first-order valence-electron chi connectivity index (χ1n) is 5.26. The Balaban J connectivity index is 2.33. The number of halogens is 2. The summed E-state index contributed by atoms with van der Waals surface area (Å²) in [5.74, 6) is 0.519. The van der Waals surface area contributed by atoms with Gasteiger partial charge in [0.25, 0.3) is 0 Å². The van der Waals surface area contributed by atoms with Gasteiger partial charge in [-0.05, 0) is 23.8 Å². The summed E-state index contributed by atoms with van der Waals surface area (Å²) in [4.78, 5) is 6.20. The zero-order valence-electron chi connectivity index (χ0n) is 9.24. The molecule has 0 radical (unpaired) electrons. The lowest BCUT2D eigenvalue weighted by Crippen LogP contribution is -2.36. The van der Waals surface area contributed by atoms with Crippen molar-refractivity contribution in [2.24, 2.45) is 10.7 Å². The van der Waals surface area contributed by atoms with E-state index in [1.165, 1.54) is 0 Å². The fourth-order valence-corrected chi connectivity index (χ4v) is 2.35. The molecular formula is C12H13Cl2N3. The van der Waals surface area contributed by atoms with Gasteiger partial charge in [0.2, 0.25) is 0 Å². The van der Waals surface area contributed by atoms with Gasteiger partial charge in [-0.15, -0.1) is 6.58 Å². The van der Waals surface area contributed by atoms with Crippen molar-refractivity contribution < 1.29 is 0 Å². The van der Waals surface area contributed by atoms with Gasteiger partial charge in [-0.1, -0.05) is 29.3 Å². The first-order chi connectivity index (χ1) is 8.13. The summed E-state index contributed by atoms with van der Waals surface area (Å²) in [5.41, 5.74) is 6.78. The fraction of sp³-hybridized carbons (Fsp3) is 0.250. The van der Waals surface area contributed by atoms with E-state index in [2.05, 4.69) is 11.6 Å². The van der Waals surface area contributed by atoms with Crippen molar-refractivity contribution in [1.29, 1.82) is 0 Å². The van der Waals surface area contributed by atoms with Crippen LogP contribution in [0, 0.1) is 0 Å². The predicted molar refractivity (Wildman–Crippen MR) is 72.6 cm³/mol. The normalized spacial score (nSPS) is 19.3. The predicted octanol–water partition coefficient (Wildman–Crippen LogP) is 2.85. The van der Waals surface area contributed by atoms with Crippen LogP contribution in [-0.4, -0.2) is 23.9 Å². The van der Waals surface area contributed by atoms with Crippen LogP contribution in [0.2, 0.25) is 10.0 Å². The zero-order valence-corrected chi connectivity index (χ0v) is 10.7. The molecule has 5 heteroatoms. The van der Waals surface area contributed by atoms with E-state index < -0.39 is 0 Å². The van der Waals surface area contributed by atoms with Gasteiger partial charge in [-0.25, -0.2) is 0 Å². The third-order valence-corrected chi connectivity index (χ3v) is 3.32. The molecule has 1 unspecified atom stereocenters. The van der Waals surface area contributed by atoms with Crippen molar-refractivity contribution in [2.75, 3.05) is 13.1 Å². The van der Waals surface area contributed by atoms with Crippen molar-refractivity contribution in [3.8, 4) is 0 Å². The minimum atomic E-state index is 0.0409. The van der Waals surface area contributed by atoms with E-state index in [-0.39, 0.29) is 6.04 Å². The number of nitrogens with zero attached hydrogens (tertiary/aromatic N) is 2. The molecule has 1 aromatic carbocycles. The van der Waals surface area contributed by atoms with Crippen LogP contribution in [0.25, 0.3) is 0 Å². The summed E-state index contributed by atoms with van der Waals surface area (Å²) in [5, 5.41) is 1.34. The van der Waals surface area contributed by atoms with Crippen molar-refractivity contribution in [1.82, 2.24) is 4.90 Å². The molecule has 2 rings (SSSR count). The maximum absolute atomic E-state index is 6.19. The van der Waals surface area contributed by atoms with Gasteiger partial charge in [-0.2, -0.15) is 0 Å². The summed E-state index contributed by atoms with van der Waals surface area (Å²) < 4.78 is 0. The molecule has 0 amide bonds. The molecule has 0 aromatic heterocycles. The Morgan fingerprint density at radius 3 is 3.00 bits per heavy atom. The summed E-state index contributed by atoms with van der Waals surface area (Å²) in [6.45, 7) is 4.95. The van der Waals surface area contributed by atoms with Crippen LogP contribution < -0.4 is 5.73 Å². The van der Waals surface area contributed by atoms with Crippen LogP contribution in [-0.2, 0) is 0 Å². The Labute approximate surface area is 111 Å². The minimum absolute atomic E-state index is 0.0409. The molecule has 0 bridgehead atoms. The van der Waals surface area contributed by atoms with Gasteiger partial charge in [0, 0.05) is 16.6 Å². The lowest BCUT2D eigenvalue weighted by atomic mass is 10.1. The number of rotatable bonds is 3. The second-order valence-corrected chi connectivity index (χ2v) is 4.67. The fourth-order valence-electron chi connectivity index (χ4n) is 1.93. The molecule has 1 aromatic rings. The van der Waals surface area contributed by atoms with Gasteiger partial charge < -0.3 is 10.6 Å². The Morgan fingerprint density at radius 2 is 2.29 bits per heavy atom. The van der Waals surface area contributed by atoms with Gasteiger partial charge in [0.1, 0.15) is 0 Å². The molecule has 2 N–H and O–H groups in total. The van der Waals surface area contributed by atoms with E-state index in [1.54, 1.807) is 18.2 Å². The largest absolute Gasteiger partial charge is 0.370 e. The first kappa shape index (κ1) is 12.3. The van der Waals surface area contributed by atoms with Gasteiger partial charge in [0.05, 0.1) is 12.6 Å². The van der Waals surface area contributed by atoms with E-state index in [9.17, 15) is 0 Å². The van der Waals surface area contributed by atoms with Crippen LogP contribution in [0.1, 0.15) is 11.6 Å². The van der Waals surface area contributed by atoms with Crippen LogP contribution in [0.15, 0.2) is 35.8 Å². The van der Waals surface area contributed by atoms with Crippen LogP contribution in [0.5, 0.6) is 0 Å². The molecular weight excluding hydrogens is 257 g/mol. The van der Waals surface area contributed by atoms with Crippen LogP contribution in [0.4, 0.5) is 0 Å². The summed E-state index contributed by atoms with van der Waals surface area (Å²) in [6.07, 6.45) is 1.79. The molecule has 0 saturated carbocycles. The smallest absolute Gasteiger partial charge is 0.192 e. The molecule has 17 heavy (non-hydrogen) atoms. The lowest BCUT2D eigenvalue weighted by Gasteiger charge is -2.26. The van der Waals surface area contributed by atoms with Gasteiger partial charge >= 0.3 is 0 Å². The van der Waals surface area contributed by atoms with E-state index in [0.717, 1.165) is 5.56 Å². The minimum Gasteiger partial charge on any atom is -0.370 e. The second-order valence-electron chi connectivity index (χ2n) is 3.82. The van der Waals surface area contributed by atoms with Crippen molar-refractivity contribution in [2.45, 2.75) is 6.04 Å². The highest BCUT2D eigenvalue weighted by Gasteiger charge is 2.28. The third kappa shape index (κ3) is 2.40. The van der Waals surface area contributed by atoms with E-state index in [1.807, 2.05) is 11.0 Å². The highest BCUT2D eigenvalue weighted by atomic mass is 35.5. The van der Waals surface area contributed by atoms with E-state index in [0.29, 0.717) is 29.1 Å². The summed E-state index contributed by atoms with van der Waals surface area (Å²) >= 11 is 12.2. The number of hydrogen-bond donors (Lipinski definition) is 1. The number of guanidine groups is 1. The Hall–Kier alpha value is -1.19. The standard InChI is InChI=1S/C12H13Cl2N3/c1-2-5-17-11(7-16-12(17)15)9-6-8(13)3-4-10(9)14/h2-4,6,11H,1,5,7H2,(H2,15,16). The lowest BCUT2D eigenvalue weighted by molar-refractivity contribution is 0.380. The van der Waals surface area contributed by atoms with Gasteiger partial charge in [0.15, 0.2) is 5.96 Å². The molecule has 1 atom stereocenters. The molecule has 0 spiro atoms. The van der Waals surface area contributed by atoms with E-state index >= 15 is 0 Å². The molecule has 3 nitrogen and oxygen atoms in total. The first-order valence-corrected chi connectivity index (χ1v) is 6.01. The Bertz CT molecular complexity index is 471. The highest BCUT2D eigenvalue weighted by Crippen LogP contribution is 2.32. The maximum atomic E-state index is 6.19. The summed E-state index contributed by atoms with van der Waals surface area (Å²) in [7, 11) is 0. The third-order valence-electron chi connectivity index (χ3n) is 2.74. The van der Waals surface area contributed by atoms with Crippen molar-refractivity contribution >= 4 is 29.2 Å². The number of aliphatic imine (C=N–C) groups is 1. The monoisotopic (exact) mass is 269 g/mol. The quantitative estimate of drug-likeness (QED) is 0.858. The maximum Gasteiger partial charge on any atom is 0.192 e. The summed E-state index contributed by atoms with van der Waals surface area (Å²) in [6, 6.07) is 5.46. The number of hydrogen-bond acceptors (Lipinski definition) is 3. The SMILES string of the molecule is C=CCN1C(N)=NCC1c1cc(Cl)ccc1Cl.